The van der Waals surface area contributed by atoms with Crippen LogP contribution in [0.15, 0.2) is 36.4 Å². The van der Waals surface area contributed by atoms with Gasteiger partial charge in [-0.25, -0.2) is 13.2 Å². The summed E-state index contributed by atoms with van der Waals surface area (Å²) in [5.41, 5.74) is 2.36. The van der Waals surface area contributed by atoms with E-state index in [-0.39, 0.29) is 16.5 Å². The van der Waals surface area contributed by atoms with Crippen LogP contribution in [0.25, 0.3) is 11.1 Å². The molecule has 0 N–H and O–H groups in total. The summed E-state index contributed by atoms with van der Waals surface area (Å²) in [5.74, 6) is -2.27. The molecule has 0 unspecified atom stereocenters. The molecule has 18 heteroatoms. The third kappa shape index (κ3) is 14.8. The Morgan fingerprint density at radius 1 is 0.744 bits per heavy atom. The Kier molecular flexibility index (Phi) is 20.9. The molecule has 0 heterocycles. The molecule has 0 aliphatic heterocycles. The second-order valence-electron chi connectivity index (χ2n) is 8.44. The van der Waals surface area contributed by atoms with Crippen molar-refractivity contribution < 1.29 is 52.8 Å². The Balaban J connectivity index is 0. The van der Waals surface area contributed by atoms with Crippen molar-refractivity contribution in [3.8, 4) is 11.1 Å². The molecule has 39 heavy (non-hydrogen) atoms. The van der Waals surface area contributed by atoms with Crippen molar-refractivity contribution >= 4 is 43.0 Å². The van der Waals surface area contributed by atoms with Gasteiger partial charge in [-0.3, -0.25) is 26.7 Å². The van der Waals surface area contributed by atoms with Gasteiger partial charge < -0.3 is 12.9 Å². The van der Waals surface area contributed by atoms with Crippen LogP contribution >= 0.6 is 0 Å². The van der Waals surface area contributed by atoms with Crippen LogP contribution in [-0.2, 0) is 0 Å². The SMILES string of the molecule is CCCC1CCC(c2ccc(-c3cc(F)c(F)c(F)c3)cc2)CC1.F.F.F[B]B(F)F.F[B]B(F)[B]B(F)F. The first-order valence-corrected chi connectivity index (χ1v) is 11.7. The average Bonchev–Trinajstić information content (AvgIpc) is 2.88. The predicted octanol–water partition coefficient (Wildman–Crippen LogP) is 7.81. The van der Waals surface area contributed by atoms with E-state index >= 15 is 0 Å². The molecule has 0 saturated heterocycles. The maximum absolute atomic E-state index is 13.4. The molecule has 2 aromatic rings. The first-order valence-electron chi connectivity index (χ1n) is 11.7. The van der Waals surface area contributed by atoms with Gasteiger partial charge in [0.25, 0.3) is 0 Å². The summed E-state index contributed by atoms with van der Waals surface area (Å²) < 4.78 is 115. The van der Waals surface area contributed by atoms with E-state index in [4.69, 9.17) is 0 Å². The lowest BCUT2D eigenvalue weighted by Gasteiger charge is -2.28. The van der Waals surface area contributed by atoms with Crippen LogP contribution in [0.5, 0.6) is 0 Å². The van der Waals surface area contributed by atoms with Gasteiger partial charge >= 0.3 is 36.0 Å². The zero-order valence-electron chi connectivity index (χ0n) is 20.9. The Morgan fingerprint density at radius 3 is 1.59 bits per heavy atom. The molecule has 0 atom stereocenters. The number of hydrogen-bond donors (Lipinski definition) is 0. The second-order valence-corrected chi connectivity index (χ2v) is 8.44. The zero-order valence-corrected chi connectivity index (χ0v) is 20.9. The van der Waals surface area contributed by atoms with Gasteiger partial charge in [0.05, 0.1) is 0 Å². The molecule has 1 aliphatic carbocycles. The molecular weight excluding hydrogens is 545 g/mol. The van der Waals surface area contributed by atoms with Crippen LogP contribution in [0, 0.1) is 23.4 Å². The maximum Gasteiger partial charge on any atom is 0.529 e. The van der Waals surface area contributed by atoms with Crippen LogP contribution in [0.2, 0.25) is 0 Å². The standard InChI is InChI=1S/C21H23F3.B4F4.B2F3.2FH/c1-2-3-14-4-6-15(7-5-14)16-8-10-17(11-9-16)18-12-19(22)21(24)20(23)13-18;5-2-3(6)1-4(7)8;3-1-2(4)5;;/h8-15H,2-7H2,1H3;;;2*1H. The molecule has 2 aromatic carbocycles. The van der Waals surface area contributed by atoms with Crippen molar-refractivity contribution in [2.75, 3.05) is 0 Å². The minimum absolute atomic E-state index is 0. The third-order valence-corrected chi connectivity index (χ3v) is 5.79. The average molecular weight is 570 g/mol. The lowest BCUT2D eigenvalue weighted by atomic mass is 9.11. The summed E-state index contributed by atoms with van der Waals surface area (Å²) in [4.78, 5) is 0. The molecule has 0 nitrogen and oxygen atoms in total. The maximum atomic E-state index is 13.4. The molecule has 1 saturated carbocycles. The van der Waals surface area contributed by atoms with Crippen LogP contribution in [0.3, 0.4) is 0 Å². The molecule has 0 spiro atoms. The Bertz CT molecular complexity index is 878. The lowest BCUT2D eigenvalue weighted by molar-refractivity contribution is 0.308. The molecule has 0 amide bonds. The van der Waals surface area contributed by atoms with E-state index in [1.165, 1.54) is 44.1 Å². The van der Waals surface area contributed by atoms with Gasteiger partial charge in [-0.15, -0.1) is 0 Å². The van der Waals surface area contributed by atoms with Crippen molar-refractivity contribution in [1.29, 1.82) is 0 Å². The minimum atomic E-state index is -2.91. The number of benzene rings is 2. The molecule has 1 aliphatic rings. The highest BCUT2D eigenvalue weighted by Crippen LogP contribution is 2.38. The van der Waals surface area contributed by atoms with Crippen LogP contribution in [0.1, 0.15) is 56.9 Å². The normalized spacial score (nSPS) is 15.5. The van der Waals surface area contributed by atoms with E-state index in [0.29, 0.717) is 17.0 Å². The van der Waals surface area contributed by atoms with Gasteiger partial charge in [-0.05, 0) is 66.3 Å². The molecule has 3 radical (unpaired) electrons. The lowest BCUT2D eigenvalue weighted by Crippen LogP contribution is -2.31. The zero-order chi connectivity index (χ0) is 28.0. The second kappa shape index (κ2) is 20.8. The number of halogens is 12. The summed E-state index contributed by atoms with van der Waals surface area (Å²) in [6.07, 6.45) is 7.58. The largest absolute Gasteiger partial charge is 0.529 e. The number of rotatable bonds is 8. The molecule has 1 fully saturated rings. The highest BCUT2D eigenvalue weighted by atomic mass is 19.2. The highest BCUT2D eigenvalue weighted by molar-refractivity contribution is 7.50. The van der Waals surface area contributed by atoms with E-state index in [1.807, 2.05) is 24.3 Å². The van der Waals surface area contributed by atoms with Gasteiger partial charge in [0.1, 0.15) is 0 Å². The Morgan fingerprint density at radius 2 is 1.23 bits per heavy atom. The minimum Gasteiger partial charge on any atom is -0.355 e. The fourth-order valence-electron chi connectivity index (χ4n) is 4.04. The summed E-state index contributed by atoms with van der Waals surface area (Å²) in [7, 11) is -6.95. The van der Waals surface area contributed by atoms with E-state index in [9.17, 15) is 43.4 Å². The third-order valence-electron chi connectivity index (χ3n) is 5.79. The van der Waals surface area contributed by atoms with E-state index in [1.54, 1.807) is 0 Å². The smallest absolute Gasteiger partial charge is 0.355 e. The Labute approximate surface area is 224 Å². The molecule has 211 valence electrons. The summed E-state index contributed by atoms with van der Waals surface area (Å²) in [5, 5.41) is 0. The summed E-state index contributed by atoms with van der Waals surface area (Å²) >= 11 is 0. The molecule has 0 aromatic heterocycles. The van der Waals surface area contributed by atoms with Crippen LogP contribution in [0.4, 0.5) is 52.8 Å². The van der Waals surface area contributed by atoms with Gasteiger partial charge in [0.2, 0.25) is 0 Å². The topological polar surface area (TPSA) is 0 Å². The van der Waals surface area contributed by atoms with Gasteiger partial charge in [0, 0.05) is 0 Å². The molecule has 0 bridgehead atoms. The quantitative estimate of drug-likeness (QED) is 0.173. The first-order chi connectivity index (χ1) is 17.5. The summed E-state index contributed by atoms with van der Waals surface area (Å²) in [6.45, 7) is 0.00125. The fourth-order valence-corrected chi connectivity index (χ4v) is 4.04. The van der Waals surface area contributed by atoms with Crippen LogP contribution < -0.4 is 0 Å². The van der Waals surface area contributed by atoms with Crippen molar-refractivity contribution in [3.63, 3.8) is 0 Å². The fraction of sp³-hybridized carbons (Fsp3) is 0.429. The monoisotopic (exact) mass is 571 g/mol. The van der Waals surface area contributed by atoms with Crippen LogP contribution in [-0.4, -0.2) is 43.0 Å². The highest BCUT2D eigenvalue weighted by Gasteiger charge is 2.27. The van der Waals surface area contributed by atoms with Crippen molar-refractivity contribution in [3.05, 3.63) is 59.4 Å². The van der Waals surface area contributed by atoms with E-state index in [0.717, 1.165) is 18.1 Å². The summed E-state index contributed by atoms with van der Waals surface area (Å²) in [6, 6.07) is 9.92. The van der Waals surface area contributed by atoms with Crippen molar-refractivity contribution in [2.24, 2.45) is 5.92 Å². The predicted molar refractivity (Wildman–Crippen MR) is 139 cm³/mol. The molecular formula is C21H25B6F12. The van der Waals surface area contributed by atoms with Gasteiger partial charge in [-0.2, -0.15) is 0 Å². The van der Waals surface area contributed by atoms with E-state index < -0.39 is 53.4 Å². The number of hydrogen-bond acceptors (Lipinski definition) is 0. The Hall–Kier alpha value is -2.01. The van der Waals surface area contributed by atoms with Gasteiger partial charge in [-0.1, -0.05) is 44.0 Å². The molecule has 3 rings (SSSR count). The van der Waals surface area contributed by atoms with Crippen molar-refractivity contribution in [1.82, 2.24) is 0 Å². The van der Waals surface area contributed by atoms with E-state index in [2.05, 4.69) is 6.92 Å². The van der Waals surface area contributed by atoms with Crippen molar-refractivity contribution in [2.45, 2.75) is 51.4 Å². The first kappa shape index (κ1) is 39.1. The van der Waals surface area contributed by atoms with Gasteiger partial charge in [0.15, 0.2) is 24.5 Å².